The molecule has 306 valence electrons. The summed E-state index contributed by atoms with van der Waals surface area (Å²) >= 11 is 0. The molecule has 2 aliphatic heterocycles. The number of aromatic nitrogens is 1. The predicted molar refractivity (Wildman–Crippen MR) is 209 cm³/mol. The molecule has 3 aromatic rings. The number of likely N-dealkylation sites (tertiary alicyclic amines) is 1. The number of amides is 4. The summed E-state index contributed by atoms with van der Waals surface area (Å²) < 4.78 is 74.8. The number of carbonyl (C=O) groups is 3. The van der Waals surface area contributed by atoms with E-state index >= 15 is 9.59 Å². The van der Waals surface area contributed by atoms with Crippen LogP contribution in [0.15, 0.2) is 49.1 Å². The third-order valence-electron chi connectivity index (χ3n) is 11.2. The summed E-state index contributed by atoms with van der Waals surface area (Å²) in [6.45, 7) is 11.8. The van der Waals surface area contributed by atoms with E-state index in [-0.39, 0.29) is 18.7 Å². The van der Waals surface area contributed by atoms with Crippen molar-refractivity contribution in [3.05, 3.63) is 60.7 Å². The molecule has 7 rings (SSSR count). The molecular weight excluding hydrogens is 763 g/mol. The molecule has 2 N–H and O–H groups in total. The number of ether oxygens (including phenoxy) is 3. The van der Waals surface area contributed by atoms with Crippen molar-refractivity contribution in [1.29, 1.82) is 0 Å². The van der Waals surface area contributed by atoms with E-state index in [9.17, 15) is 22.0 Å². The van der Waals surface area contributed by atoms with Gasteiger partial charge in [0.1, 0.15) is 30.0 Å². The molecule has 57 heavy (non-hydrogen) atoms. The van der Waals surface area contributed by atoms with Crippen LogP contribution in [0.2, 0.25) is 0 Å². The number of likely N-dealkylation sites (N-methyl/N-ethyl adjacent to an activating group) is 1. The van der Waals surface area contributed by atoms with Crippen molar-refractivity contribution < 1.29 is 45.8 Å². The predicted octanol–water partition coefficient (Wildman–Crippen LogP) is 5.22. The van der Waals surface area contributed by atoms with Gasteiger partial charge in [0.2, 0.25) is 15.9 Å². The first kappa shape index (κ1) is 40.0. The molecule has 14 nitrogen and oxygen atoms in total. The maximum absolute atomic E-state index is 15.1. The summed E-state index contributed by atoms with van der Waals surface area (Å²) in [6.07, 6.45) is 1.82. The molecule has 0 bridgehead atoms. The molecule has 2 saturated carbocycles. The second-order valence-corrected chi connectivity index (χ2v) is 18.4. The summed E-state index contributed by atoms with van der Waals surface area (Å²) in [7, 11) is -0.627. The van der Waals surface area contributed by atoms with Crippen LogP contribution >= 0.6 is 0 Å². The van der Waals surface area contributed by atoms with Crippen LogP contribution in [0.5, 0.6) is 17.4 Å². The molecule has 17 heteroatoms. The van der Waals surface area contributed by atoms with Crippen molar-refractivity contribution in [3.63, 3.8) is 0 Å². The number of methoxy groups -OCH3 is 1. The first-order valence-corrected chi connectivity index (χ1v) is 20.5. The van der Waals surface area contributed by atoms with Crippen LogP contribution in [-0.4, -0.2) is 104 Å². The van der Waals surface area contributed by atoms with Crippen LogP contribution in [0.1, 0.15) is 53.4 Å². The fourth-order valence-electron chi connectivity index (χ4n) is 7.70. The Morgan fingerprint density at radius 3 is 2.49 bits per heavy atom. The Labute approximate surface area is 330 Å². The molecule has 4 amide bonds. The molecule has 1 unspecified atom stereocenters. The standard InChI is InChI=1S/C40H48F2N6O8S/c1-8-23-20-40(23,37(50)45-57(52,53)27-11-12-27)48(36(49)33(39(3,4)5)43-24-9-14-30(41)31(42)18-24)38(51)47-21-26(17-22(47)2)56-35-28-13-10-25(54-7)19-29(28)32-34(44-35)46(6)15-16-55-32/h8-10,13-14,18-19,22-23,26-27,33,43H,1,11-12,15-17,20-21H2,2-7H3,(H,45,50)/t22?,23-,26-,33-,40-/m1/s1. The van der Waals surface area contributed by atoms with Gasteiger partial charge >= 0.3 is 6.03 Å². The minimum Gasteiger partial charge on any atom is -0.497 e. The van der Waals surface area contributed by atoms with Gasteiger partial charge in [-0.1, -0.05) is 26.8 Å². The highest BCUT2D eigenvalue weighted by molar-refractivity contribution is 7.91. The number of hydrogen-bond donors (Lipinski definition) is 2. The van der Waals surface area contributed by atoms with Crippen LogP contribution in [0, 0.1) is 23.0 Å². The van der Waals surface area contributed by atoms with E-state index in [4.69, 9.17) is 19.2 Å². The van der Waals surface area contributed by atoms with E-state index in [0.717, 1.165) is 22.4 Å². The maximum atomic E-state index is 15.1. The van der Waals surface area contributed by atoms with Gasteiger partial charge in [-0.2, -0.15) is 4.98 Å². The SMILES string of the molecule is C=C[C@@H]1C[C@@]1(C(=O)NS(=O)(=O)C1CC1)N(C(=O)[C@@H](Nc1ccc(F)c(F)c1)C(C)(C)C)C(=O)N1C[C@H](Oc2nc3c(c4cc(OC)ccc24)OCCN3C)CC1C. The molecule has 3 fully saturated rings. The number of fused-ring (bicyclic) bond motifs is 3. The molecule has 4 aliphatic rings. The highest BCUT2D eigenvalue weighted by atomic mass is 32.2. The quantitative estimate of drug-likeness (QED) is 0.245. The van der Waals surface area contributed by atoms with Crippen LogP contribution in [0.4, 0.5) is 25.1 Å². The lowest BCUT2D eigenvalue weighted by atomic mass is 9.85. The summed E-state index contributed by atoms with van der Waals surface area (Å²) in [5.74, 6) is -2.82. The Bertz CT molecular complexity index is 2250. The second kappa shape index (κ2) is 14.6. The lowest BCUT2D eigenvalue weighted by Crippen LogP contribution is -2.64. The van der Waals surface area contributed by atoms with Crippen molar-refractivity contribution in [2.24, 2.45) is 11.3 Å². The maximum Gasteiger partial charge on any atom is 0.328 e. The average molecular weight is 811 g/mol. The fraction of sp³-hybridized carbons (Fsp3) is 0.500. The van der Waals surface area contributed by atoms with E-state index in [2.05, 4.69) is 16.6 Å². The number of nitrogens with zero attached hydrogens (tertiary/aromatic N) is 4. The van der Waals surface area contributed by atoms with Crippen LogP contribution in [0.3, 0.4) is 0 Å². The Morgan fingerprint density at radius 1 is 1.12 bits per heavy atom. The number of anilines is 2. The topological polar surface area (TPSA) is 160 Å². The van der Waals surface area contributed by atoms with Gasteiger partial charge in [-0.25, -0.2) is 26.9 Å². The molecule has 1 saturated heterocycles. The molecule has 3 heterocycles. The molecule has 2 aliphatic carbocycles. The molecule has 1 aromatic heterocycles. The molecule has 0 radical (unpaired) electrons. The van der Waals surface area contributed by atoms with E-state index in [1.165, 1.54) is 17.0 Å². The molecule has 0 spiro atoms. The first-order chi connectivity index (χ1) is 26.9. The van der Waals surface area contributed by atoms with Gasteiger partial charge in [-0.05, 0) is 61.9 Å². The van der Waals surface area contributed by atoms with E-state index < -0.39 is 79.8 Å². The number of carbonyl (C=O) groups excluding carboxylic acids is 3. The van der Waals surface area contributed by atoms with Gasteiger partial charge in [0.05, 0.1) is 25.4 Å². The minimum absolute atomic E-state index is 0.0137. The number of pyridine rings is 1. The summed E-state index contributed by atoms with van der Waals surface area (Å²) in [6, 6.07) is 5.87. The number of benzene rings is 2. The highest BCUT2D eigenvalue weighted by Crippen LogP contribution is 2.52. The van der Waals surface area contributed by atoms with Crippen molar-refractivity contribution in [2.75, 3.05) is 44.1 Å². The normalized spacial score (nSPS) is 23.5. The molecule has 5 atom stereocenters. The fourth-order valence-corrected chi connectivity index (χ4v) is 9.06. The third kappa shape index (κ3) is 7.41. The summed E-state index contributed by atoms with van der Waals surface area (Å²) in [5, 5.41) is 3.61. The summed E-state index contributed by atoms with van der Waals surface area (Å²) in [4.78, 5) is 53.5. The number of halogens is 2. The Balaban J connectivity index is 1.25. The minimum atomic E-state index is -4.10. The van der Waals surface area contributed by atoms with Crippen molar-refractivity contribution >= 4 is 50.1 Å². The zero-order chi connectivity index (χ0) is 41.2. The Kier molecular flexibility index (Phi) is 10.3. The van der Waals surface area contributed by atoms with Crippen molar-refractivity contribution in [2.45, 2.75) is 82.4 Å². The number of rotatable bonds is 11. The van der Waals surface area contributed by atoms with E-state index in [0.29, 0.717) is 61.0 Å². The van der Waals surface area contributed by atoms with Crippen LogP contribution in [-0.2, 0) is 19.6 Å². The number of imide groups is 1. The van der Waals surface area contributed by atoms with Gasteiger partial charge in [0, 0.05) is 48.0 Å². The average Bonchev–Trinajstić information content (AvgIpc) is 4.09. The second-order valence-electron chi connectivity index (χ2n) is 16.4. The zero-order valence-corrected chi connectivity index (χ0v) is 33.6. The van der Waals surface area contributed by atoms with E-state index in [1.807, 2.05) is 24.1 Å². The number of sulfonamides is 1. The largest absolute Gasteiger partial charge is 0.497 e. The van der Waals surface area contributed by atoms with Crippen molar-refractivity contribution in [1.82, 2.24) is 19.5 Å². The smallest absolute Gasteiger partial charge is 0.328 e. The number of hydrogen-bond acceptors (Lipinski definition) is 11. The van der Waals surface area contributed by atoms with Crippen LogP contribution < -0.4 is 29.1 Å². The summed E-state index contributed by atoms with van der Waals surface area (Å²) in [5.41, 5.74) is -2.87. The zero-order valence-electron chi connectivity index (χ0n) is 32.8. The highest BCUT2D eigenvalue weighted by Gasteiger charge is 2.68. The molecular formula is C40H48F2N6O8S. The first-order valence-electron chi connectivity index (χ1n) is 19.0. The van der Waals surface area contributed by atoms with Gasteiger partial charge in [-0.15, -0.1) is 6.58 Å². The monoisotopic (exact) mass is 810 g/mol. The Morgan fingerprint density at radius 2 is 1.86 bits per heavy atom. The van der Waals surface area contributed by atoms with Gasteiger partial charge in [-0.3, -0.25) is 14.3 Å². The number of nitrogens with one attached hydrogen (secondary N) is 2. The van der Waals surface area contributed by atoms with Gasteiger partial charge in [0.15, 0.2) is 23.2 Å². The van der Waals surface area contributed by atoms with Crippen LogP contribution in [0.25, 0.3) is 10.8 Å². The molecule has 2 aromatic carbocycles. The van der Waals surface area contributed by atoms with E-state index in [1.54, 1.807) is 40.9 Å². The van der Waals surface area contributed by atoms with Crippen molar-refractivity contribution in [3.8, 4) is 17.4 Å². The van der Waals surface area contributed by atoms with Gasteiger partial charge < -0.3 is 29.3 Å². The van der Waals surface area contributed by atoms with Gasteiger partial charge in [0.25, 0.3) is 11.8 Å². The lowest BCUT2D eigenvalue weighted by Gasteiger charge is -2.40. The number of urea groups is 1. The Hall–Kier alpha value is -5.19. The lowest BCUT2D eigenvalue weighted by molar-refractivity contribution is -0.141. The third-order valence-corrected chi connectivity index (χ3v) is 13.0.